The van der Waals surface area contributed by atoms with Crippen molar-refractivity contribution in [2.24, 2.45) is 0 Å². The van der Waals surface area contributed by atoms with E-state index >= 15 is 0 Å². The number of amides is 2. The molecule has 1 heterocycles. The van der Waals surface area contributed by atoms with E-state index in [1.165, 1.54) is 14.2 Å². The highest BCUT2D eigenvalue weighted by molar-refractivity contribution is 6.46. The number of rotatable bonds is 7. The van der Waals surface area contributed by atoms with Crippen molar-refractivity contribution < 1.29 is 23.8 Å². The maximum absolute atomic E-state index is 13.7. The Morgan fingerprint density at radius 3 is 2.15 bits per heavy atom. The summed E-state index contributed by atoms with van der Waals surface area (Å²) in [6, 6.07) is 19.6. The lowest BCUT2D eigenvalue weighted by atomic mass is 10.0. The number of hydrogen-bond donors (Lipinski definition) is 1. The van der Waals surface area contributed by atoms with Crippen molar-refractivity contribution >= 4 is 28.8 Å². The molecule has 0 spiro atoms. The molecule has 0 fully saturated rings. The van der Waals surface area contributed by atoms with Gasteiger partial charge in [0.15, 0.2) is 0 Å². The summed E-state index contributed by atoms with van der Waals surface area (Å²) < 4.78 is 16.2. The fourth-order valence-electron chi connectivity index (χ4n) is 3.75. The monoisotopic (exact) mass is 444 g/mol. The van der Waals surface area contributed by atoms with Gasteiger partial charge >= 0.3 is 0 Å². The first-order valence-corrected chi connectivity index (χ1v) is 10.3. The average molecular weight is 444 g/mol. The van der Waals surface area contributed by atoms with Gasteiger partial charge < -0.3 is 19.5 Å². The van der Waals surface area contributed by atoms with Crippen LogP contribution >= 0.6 is 0 Å². The number of nitrogens with one attached hydrogen (secondary N) is 1. The van der Waals surface area contributed by atoms with E-state index in [9.17, 15) is 9.59 Å². The van der Waals surface area contributed by atoms with Gasteiger partial charge in [0.05, 0.1) is 38.3 Å². The molecule has 1 aliphatic heterocycles. The number of ether oxygens (including phenoxy) is 3. The zero-order valence-electron chi connectivity index (χ0n) is 18.8. The molecule has 0 aromatic heterocycles. The number of anilines is 2. The average Bonchev–Trinajstić information content (AvgIpc) is 3.08. The predicted molar refractivity (Wildman–Crippen MR) is 127 cm³/mol. The summed E-state index contributed by atoms with van der Waals surface area (Å²) in [7, 11) is 4.59. The van der Waals surface area contributed by atoms with Crippen molar-refractivity contribution in [1.29, 1.82) is 0 Å². The van der Waals surface area contributed by atoms with E-state index in [0.717, 1.165) is 10.5 Å². The number of hydrogen-bond acceptors (Lipinski definition) is 6. The second kappa shape index (κ2) is 9.08. The third-order valence-electron chi connectivity index (χ3n) is 5.39. The molecule has 168 valence electrons. The summed E-state index contributed by atoms with van der Waals surface area (Å²) in [6.45, 7) is 1.89. The van der Waals surface area contributed by atoms with Crippen molar-refractivity contribution in [3.8, 4) is 17.2 Å². The van der Waals surface area contributed by atoms with Crippen molar-refractivity contribution in [2.75, 3.05) is 31.5 Å². The van der Waals surface area contributed by atoms with Crippen molar-refractivity contribution in [2.45, 2.75) is 6.92 Å². The minimum atomic E-state index is -0.486. The van der Waals surface area contributed by atoms with Crippen molar-refractivity contribution in [1.82, 2.24) is 0 Å². The van der Waals surface area contributed by atoms with E-state index in [1.807, 2.05) is 31.2 Å². The molecule has 3 aromatic carbocycles. The molecule has 4 rings (SSSR count). The minimum absolute atomic E-state index is 0.151. The fourth-order valence-corrected chi connectivity index (χ4v) is 3.75. The second-order valence-corrected chi connectivity index (χ2v) is 7.43. The van der Waals surface area contributed by atoms with E-state index < -0.39 is 11.8 Å². The van der Waals surface area contributed by atoms with E-state index in [-0.39, 0.29) is 11.3 Å². The summed E-state index contributed by atoms with van der Waals surface area (Å²) in [4.78, 5) is 28.5. The van der Waals surface area contributed by atoms with Crippen LogP contribution in [0.1, 0.15) is 11.1 Å². The van der Waals surface area contributed by atoms with Gasteiger partial charge in [-0.05, 0) is 42.3 Å². The Kier molecular flexibility index (Phi) is 6.04. The number of carbonyl (C=O) groups excluding carboxylic acids is 2. The molecular formula is C26H24N2O5. The highest BCUT2D eigenvalue weighted by atomic mass is 16.5. The van der Waals surface area contributed by atoms with Gasteiger partial charge in [0, 0.05) is 6.07 Å². The van der Waals surface area contributed by atoms with Crippen LogP contribution < -0.4 is 24.4 Å². The number of imide groups is 1. The molecule has 0 saturated carbocycles. The number of carbonyl (C=O) groups is 2. The molecule has 0 unspecified atom stereocenters. The first-order chi connectivity index (χ1) is 16.0. The van der Waals surface area contributed by atoms with Crippen LogP contribution in [0.15, 0.2) is 72.4 Å². The van der Waals surface area contributed by atoms with Crippen molar-refractivity contribution in [3.05, 3.63) is 83.6 Å². The van der Waals surface area contributed by atoms with Gasteiger partial charge in [-0.1, -0.05) is 36.4 Å². The molecule has 0 aliphatic carbocycles. The summed E-state index contributed by atoms with van der Waals surface area (Å²) in [5.41, 5.74) is 2.85. The lowest BCUT2D eigenvalue weighted by Crippen LogP contribution is -2.32. The third kappa shape index (κ3) is 4.01. The Morgan fingerprint density at radius 1 is 0.758 bits per heavy atom. The summed E-state index contributed by atoms with van der Waals surface area (Å²) in [5.74, 6) is 0.583. The molecule has 3 aromatic rings. The van der Waals surface area contributed by atoms with Crippen LogP contribution in [0.3, 0.4) is 0 Å². The van der Waals surface area contributed by atoms with Gasteiger partial charge in [-0.2, -0.15) is 0 Å². The first-order valence-electron chi connectivity index (χ1n) is 10.3. The normalized spacial score (nSPS) is 13.4. The largest absolute Gasteiger partial charge is 0.497 e. The van der Waals surface area contributed by atoms with Gasteiger partial charge in [0.1, 0.15) is 22.9 Å². The molecule has 1 aliphatic rings. The Balaban J connectivity index is 1.85. The van der Waals surface area contributed by atoms with Crippen LogP contribution in [0, 0.1) is 6.92 Å². The molecule has 33 heavy (non-hydrogen) atoms. The topological polar surface area (TPSA) is 77.1 Å². The van der Waals surface area contributed by atoms with Gasteiger partial charge in [-0.25, -0.2) is 4.90 Å². The van der Waals surface area contributed by atoms with Gasteiger partial charge in [-0.3, -0.25) is 9.59 Å². The first kappa shape index (κ1) is 22.0. The van der Waals surface area contributed by atoms with Crippen LogP contribution in [-0.2, 0) is 9.59 Å². The summed E-state index contributed by atoms with van der Waals surface area (Å²) >= 11 is 0. The Bertz CT molecular complexity index is 1250. The molecule has 7 nitrogen and oxygen atoms in total. The van der Waals surface area contributed by atoms with Crippen LogP contribution in [-0.4, -0.2) is 33.1 Å². The SMILES string of the molecule is COc1ccc(NC2=C(c3ccccc3)C(=O)N(c3cc(C)ccc3OC)C2=O)c(OC)c1. The maximum Gasteiger partial charge on any atom is 0.282 e. The fraction of sp³-hybridized carbons (Fsp3) is 0.154. The van der Waals surface area contributed by atoms with E-state index in [2.05, 4.69) is 5.32 Å². The van der Waals surface area contributed by atoms with Crippen LogP contribution in [0.5, 0.6) is 17.2 Å². The predicted octanol–water partition coefficient (Wildman–Crippen LogP) is 4.42. The van der Waals surface area contributed by atoms with Gasteiger partial charge in [0.2, 0.25) is 0 Å². The molecule has 1 N–H and O–H groups in total. The number of nitrogens with zero attached hydrogens (tertiary/aromatic N) is 1. The summed E-state index contributed by atoms with van der Waals surface area (Å²) in [5, 5.41) is 3.14. The van der Waals surface area contributed by atoms with Crippen LogP contribution in [0.4, 0.5) is 11.4 Å². The molecule has 0 radical (unpaired) electrons. The molecule has 0 bridgehead atoms. The molecule has 7 heteroatoms. The summed E-state index contributed by atoms with van der Waals surface area (Å²) in [6.07, 6.45) is 0. The maximum atomic E-state index is 13.7. The molecule has 0 atom stereocenters. The van der Waals surface area contributed by atoms with Gasteiger partial charge in [-0.15, -0.1) is 0 Å². The third-order valence-corrected chi connectivity index (χ3v) is 5.39. The van der Waals surface area contributed by atoms with E-state index in [4.69, 9.17) is 14.2 Å². The zero-order chi connectivity index (χ0) is 23.5. The quantitative estimate of drug-likeness (QED) is 0.544. The highest BCUT2D eigenvalue weighted by Gasteiger charge is 2.41. The lowest BCUT2D eigenvalue weighted by molar-refractivity contribution is -0.120. The molecule has 2 amide bonds. The molecule has 0 saturated heterocycles. The Hall–Kier alpha value is -4.26. The number of benzene rings is 3. The standard InChI is InChI=1S/C26H24N2O5/c1-16-10-13-21(32-3)20(14-16)28-25(29)23(17-8-6-5-7-9-17)24(26(28)30)27-19-12-11-18(31-2)15-22(19)33-4/h5-15,27H,1-4H3. The second-order valence-electron chi connectivity index (χ2n) is 7.43. The smallest absolute Gasteiger partial charge is 0.282 e. The van der Waals surface area contributed by atoms with Crippen LogP contribution in [0.25, 0.3) is 5.57 Å². The number of methoxy groups -OCH3 is 3. The number of aryl methyl sites for hydroxylation is 1. The minimum Gasteiger partial charge on any atom is -0.497 e. The van der Waals surface area contributed by atoms with Crippen molar-refractivity contribution in [3.63, 3.8) is 0 Å². The highest BCUT2D eigenvalue weighted by Crippen LogP contribution is 2.39. The molecular weight excluding hydrogens is 420 g/mol. The Morgan fingerprint density at radius 2 is 1.48 bits per heavy atom. The van der Waals surface area contributed by atoms with Crippen LogP contribution in [0.2, 0.25) is 0 Å². The van der Waals surface area contributed by atoms with E-state index in [0.29, 0.717) is 34.2 Å². The zero-order valence-corrected chi connectivity index (χ0v) is 18.8. The van der Waals surface area contributed by atoms with E-state index in [1.54, 1.807) is 49.6 Å². The Labute approximate surface area is 192 Å². The lowest BCUT2D eigenvalue weighted by Gasteiger charge is -2.19. The van der Waals surface area contributed by atoms with Gasteiger partial charge in [0.25, 0.3) is 11.8 Å².